The first kappa shape index (κ1) is 21.4. The van der Waals surface area contributed by atoms with E-state index >= 15 is 0 Å². The third-order valence-electron chi connectivity index (χ3n) is 4.61. The van der Waals surface area contributed by atoms with E-state index in [4.69, 9.17) is 0 Å². The molecule has 1 amide bonds. The van der Waals surface area contributed by atoms with Crippen molar-refractivity contribution in [3.63, 3.8) is 0 Å². The number of rotatable bonds is 8. The molecule has 0 fully saturated rings. The Morgan fingerprint density at radius 1 is 1.19 bits per heavy atom. The fourth-order valence-corrected chi connectivity index (χ4v) is 3.07. The SMILES string of the molecule is CC(C)[C@@H](C)NC(=O)CSc1nnc([C@H](C)N(C)C)n1-c1ccc(F)cc1. The summed E-state index contributed by atoms with van der Waals surface area (Å²) < 4.78 is 15.2. The van der Waals surface area contributed by atoms with Crippen LogP contribution in [0, 0.1) is 11.7 Å². The monoisotopic (exact) mass is 393 g/mol. The number of nitrogens with one attached hydrogen (secondary N) is 1. The Morgan fingerprint density at radius 3 is 2.37 bits per heavy atom. The van der Waals surface area contributed by atoms with Gasteiger partial charge in [0.15, 0.2) is 11.0 Å². The highest BCUT2D eigenvalue weighted by Crippen LogP contribution is 2.26. The van der Waals surface area contributed by atoms with Gasteiger partial charge in [-0.3, -0.25) is 14.3 Å². The Hall–Kier alpha value is -1.93. The number of aromatic nitrogens is 3. The molecule has 1 heterocycles. The van der Waals surface area contributed by atoms with Gasteiger partial charge in [0.2, 0.25) is 5.91 Å². The first-order valence-electron chi connectivity index (χ1n) is 9.00. The second kappa shape index (κ2) is 9.32. The van der Waals surface area contributed by atoms with Crippen LogP contribution in [0.5, 0.6) is 0 Å². The van der Waals surface area contributed by atoms with Crippen LogP contribution < -0.4 is 5.32 Å². The molecule has 2 rings (SSSR count). The van der Waals surface area contributed by atoms with E-state index in [-0.39, 0.29) is 29.6 Å². The smallest absolute Gasteiger partial charge is 0.230 e. The molecule has 0 bridgehead atoms. The molecule has 148 valence electrons. The van der Waals surface area contributed by atoms with Crippen molar-refractivity contribution in [2.75, 3.05) is 19.8 Å². The van der Waals surface area contributed by atoms with Crippen LogP contribution in [0.3, 0.4) is 0 Å². The summed E-state index contributed by atoms with van der Waals surface area (Å²) in [5.74, 6) is 1.01. The highest BCUT2D eigenvalue weighted by atomic mass is 32.2. The fourth-order valence-electron chi connectivity index (χ4n) is 2.30. The number of hydrogen-bond acceptors (Lipinski definition) is 5. The predicted molar refractivity (Wildman–Crippen MR) is 107 cm³/mol. The zero-order valence-corrected chi connectivity index (χ0v) is 17.5. The fraction of sp³-hybridized carbons (Fsp3) is 0.526. The van der Waals surface area contributed by atoms with Crippen LogP contribution >= 0.6 is 11.8 Å². The Bertz CT molecular complexity index is 760. The van der Waals surface area contributed by atoms with Gasteiger partial charge < -0.3 is 5.32 Å². The predicted octanol–water partition coefficient (Wildman–Crippen LogP) is 3.28. The third-order valence-corrected chi connectivity index (χ3v) is 5.54. The standard InChI is InChI=1S/C19H28FN5OS/c1-12(2)13(3)21-17(26)11-27-19-23-22-18(14(4)24(5)6)25(19)16-9-7-15(20)8-10-16/h7-10,12-14H,11H2,1-6H3,(H,21,26)/t13-,14+/m1/s1. The topological polar surface area (TPSA) is 63.1 Å². The van der Waals surface area contributed by atoms with E-state index in [9.17, 15) is 9.18 Å². The van der Waals surface area contributed by atoms with Crippen LogP contribution in [0.4, 0.5) is 4.39 Å². The lowest BCUT2D eigenvalue weighted by atomic mass is 10.1. The molecule has 1 aromatic heterocycles. The molecule has 0 saturated heterocycles. The molecule has 2 aromatic rings. The molecule has 0 radical (unpaired) electrons. The number of carbonyl (C=O) groups is 1. The van der Waals surface area contributed by atoms with Crippen LogP contribution in [0.2, 0.25) is 0 Å². The highest BCUT2D eigenvalue weighted by Gasteiger charge is 2.22. The third kappa shape index (κ3) is 5.52. The molecular weight excluding hydrogens is 365 g/mol. The minimum atomic E-state index is -0.301. The van der Waals surface area contributed by atoms with Crippen molar-refractivity contribution in [2.45, 2.75) is 44.9 Å². The summed E-state index contributed by atoms with van der Waals surface area (Å²) in [6.07, 6.45) is 0. The van der Waals surface area contributed by atoms with Crippen molar-refractivity contribution < 1.29 is 9.18 Å². The lowest BCUT2D eigenvalue weighted by Crippen LogP contribution is -2.37. The van der Waals surface area contributed by atoms with Gasteiger partial charge in [0.1, 0.15) is 5.82 Å². The average molecular weight is 394 g/mol. The van der Waals surface area contributed by atoms with Crippen LogP contribution in [-0.2, 0) is 4.79 Å². The van der Waals surface area contributed by atoms with E-state index < -0.39 is 0 Å². The summed E-state index contributed by atoms with van der Waals surface area (Å²) in [6.45, 7) is 8.15. The van der Waals surface area contributed by atoms with Gasteiger partial charge in [0.25, 0.3) is 0 Å². The van der Waals surface area contributed by atoms with Crippen molar-refractivity contribution in [2.24, 2.45) is 5.92 Å². The summed E-state index contributed by atoms with van der Waals surface area (Å²) in [6, 6.07) is 6.31. The molecule has 27 heavy (non-hydrogen) atoms. The zero-order valence-electron chi connectivity index (χ0n) is 16.7. The van der Waals surface area contributed by atoms with Crippen LogP contribution in [0.15, 0.2) is 29.4 Å². The number of benzene rings is 1. The normalized spacial score (nSPS) is 13.8. The molecule has 0 spiro atoms. The minimum absolute atomic E-state index is 0.00620. The summed E-state index contributed by atoms with van der Waals surface area (Å²) in [4.78, 5) is 14.2. The summed E-state index contributed by atoms with van der Waals surface area (Å²) >= 11 is 1.32. The van der Waals surface area contributed by atoms with Crippen molar-refractivity contribution >= 4 is 17.7 Å². The molecule has 6 nitrogen and oxygen atoms in total. The first-order chi connectivity index (χ1) is 12.7. The van der Waals surface area contributed by atoms with Crippen LogP contribution in [0.1, 0.15) is 39.6 Å². The van der Waals surface area contributed by atoms with Crippen molar-refractivity contribution in [1.29, 1.82) is 0 Å². The Labute approximate surface area is 164 Å². The number of amides is 1. The first-order valence-corrected chi connectivity index (χ1v) is 9.99. The van der Waals surface area contributed by atoms with Crippen molar-refractivity contribution in [1.82, 2.24) is 25.0 Å². The summed E-state index contributed by atoms with van der Waals surface area (Å²) in [7, 11) is 3.92. The van der Waals surface area contributed by atoms with Gasteiger partial charge in [-0.15, -0.1) is 10.2 Å². The number of carbonyl (C=O) groups excluding carboxylic acids is 1. The number of nitrogens with zero attached hydrogens (tertiary/aromatic N) is 4. The van der Waals surface area contributed by atoms with E-state index in [0.717, 1.165) is 11.5 Å². The number of hydrogen-bond donors (Lipinski definition) is 1. The second-order valence-electron chi connectivity index (χ2n) is 7.18. The van der Waals surface area contributed by atoms with E-state index in [1.165, 1.54) is 23.9 Å². The van der Waals surface area contributed by atoms with Crippen molar-refractivity contribution in [3.8, 4) is 5.69 Å². The Balaban J connectivity index is 2.26. The molecule has 0 aliphatic carbocycles. The van der Waals surface area contributed by atoms with Crippen molar-refractivity contribution in [3.05, 3.63) is 35.9 Å². The van der Waals surface area contributed by atoms with Gasteiger partial charge in [-0.2, -0.15) is 0 Å². The van der Waals surface area contributed by atoms with Gasteiger partial charge in [0.05, 0.1) is 11.8 Å². The largest absolute Gasteiger partial charge is 0.353 e. The highest BCUT2D eigenvalue weighted by molar-refractivity contribution is 7.99. The maximum Gasteiger partial charge on any atom is 0.230 e. The molecular formula is C19H28FN5OS. The molecule has 1 N–H and O–H groups in total. The molecule has 2 atom stereocenters. The van der Waals surface area contributed by atoms with Crippen LogP contribution in [0.25, 0.3) is 5.69 Å². The summed E-state index contributed by atoms with van der Waals surface area (Å²) in [5, 5.41) is 12.2. The van der Waals surface area contributed by atoms with Gasteiger partial charge in [-0.1, -0.05) is 25.6 Å². The Kier molecular flexibility index (Phi) is 7.38. The summed E-state index contributed by atoms with van der Waals surface area (Å²) in [5.41, 5.74) is 0.767. The average Bonchev–Trinajstić information content (AvgIpc) is 3.03. The van der Waals surface area contributed by atoms with Gasteiger partial charge >= 0.3 is 0 Å². The molecule has 0 saturated carbocycles. The lowest BCUT2D eigenvalue weighted by molar-refractivity contribution is -0.119. The molecule has 8 heteroatoms. The van der Waals surface area contributed by atoms with Gasteiger partial charge in [-0.25, -0.2) is 4.39 Å². The van der Waals surface area contributed by atoms with Crippen LogP contribution in [-0.4, -0.2) is 51.5 Å². The number of halogens is 1. The quantitative estimate of drug-likeness (QED) is 0.698. The van der Waals surface area contributed by atoms with Gasteiger partial charge in [0, 0.05) is 11.7 Å². The molecule has 0 aliphatic heterocycles. The lowest BCUT2D eigenvalue weighted by Gasteiger charge is -2.20. The van der Waals surface area contributed by atoms with E-state index in [0.29, 0.717) is 11.1 Å². The van der Waals surface area contributed by atoms with Gasteiger partial charge in [-0.05, 0) is 58.1 Å². The number of thioether (sulfide) groups is 1. The molecule has 0 aliphatic rings. The maximum absolute atomic E-state index is 13.3. The second-order valence-corrected chi connectivity index (χ2v) is 8.12. The van der Waals surface area contributed by atoms with E-state index in [1.807, 2.05) is 37.4 Å². The maximum atomic E-state index is 13.3. The van der Waals surface area contributed by atoms with E-state index in [2.05, 4.69) is 29.4 Å². The Morgan fingerprint density at radius 2 is 1.81 bits per heavy atom. The molecule has 1 aromatic carbocycles. The van der Waals surface area contributed by atoms with E-state index in [1.54, 1.807) is 12.1 Å². The minimum Gasteiger partial charge on any atom is -0.353 e. The zero-order chi connectivity index (χ0) is 20.1. The molecule has 0 unspecified atom stereocenters.